The summed E-state index contributed by atoms with van der Waals surface area (Å²) in [5.74, 6) is 1.48. The van der Waals surface area contributed by atoms with E-state index in [0.717, 1.165) is 57.0 Å². The number of halogens is 1. The molecule has 9 heteroatoms. The standard InChI is InChI=1S/C28H24ClN5O3/c29-22-8-2-5-17-4-1-6-19(24(17)22)21-14-23-25(26-20(21)7-3-13-37-26)27(32-16-31-23)33-11-12-34(28(35)36)18(15-33)9-10-30/h1-2,4-6,8,14,16,18H,3,7,9,11-13,15H2,(H,35,36). The van der Waals surface area contributed by atoms with Crippen molar-refractivity contribution in [2.75, 3.05) is 31.1 Å². The average Bonchev–Trinajstić information content (AvgIpc) is 2.92. The number of piperazine rings is 1. The molecule has 6 rings (SSSR count). The minimum Gasteiger partial charge on any atom is -0.492 e. The van der Waals surface area contributed by atoms with Crippen molar-refractivity contribution in [2.45, 2.75) is 25.3 Å². The fraction of sp³-hybridized carbons (Fsp3) is 0.286. The molecule has 1 amide bonds. The zero-order valence-corrected chi connectivity index (χ0v) is 20.8. The van der Waals surface area contributed by atoms with E-state index in [0.29, 0.717) is 37.1 Å². The maximum atomic E-state index is 11.7. The molecule has 1 N–H and O–H groups in total. The van der Waals surface area contributed by atoms with Gasteiger partial charge in [0.2, 0.25) is 0 Å². The molecular formula is C28H24ClN5O3. The molecule has 1 unspecified atom stereocenters. The number of hydrogen-bond acceptors (Lipinski definition) is 6. The molecule has 8 nitrogen and oxygen atoms in total. The molecule has 4 aromatic rings. The van der Waals surface area contributed by atoms with Crippen molar-refractivity contribution in [2.24, 2.45) is 0 Å². The first-order chi connectivity index (χ1) is 18.1. The van der Waals surface area contributed by atoms with E-state index < -0.39 is 12.1 Å². The Kier molecular flexibility index (Phi) is 5.93. The maximum absolute atomic E-state index is 11.7. The lowest BCUT2D eigenvalue weighted by molar-refractivity contribution is 0.119. The number of benzene rings is 3. The van der Waals surface area contributed by atoms with Gasteiger partial charge in [0, 0.05) is 35.6 Å². The van der Waals surface area contributed by atoms with Gasteiger partial charge in [-0.3, -0.25) is 0 Å². The van der Waals surface area contributed by atoms with Crippen LogP contribution in [0.15, 0.2) is 48.8 Å². The molecule has 1 saturated heterocycles. The lowest BCUT2D eigenvalue weighted by Crippen LogP contribution is -2.55. The summed E-state index contributed by atoms with van der Waals surface area (Å²) in [7, 11) is 0. The molecule has 2 aliphatic rings. The number of amides is 1. The number of nitrogens with zero attached hydrogens (tertiary/aromatic N) is 5. The van der Waals surface area contributed by atoms with Gasteiger partial charge in [-0.25, -0.2) is 14.8 Å². The second-order valence-corrected chi connectivity index (χ2v) is 9.76. The summed E-state index contributed by atoms with van der Waals surface area (Å²) in [6, 6.07) is 15.9. The topological polar surface area (TPSA) is 103 Å². The Bertz CT molecular complexity index is 1580. The van der Waals surface area contributed by atoms with Crippen molar-refractivity contribution >= 4 is 45.2 Å². The van der Waals surface area contributed by atoms with Gasteiger partial charge in [-0.05, 0) is 41.5 Å². The Labute approximate surface area is 218 Å². The summed E-state index contributed by atoms with van der Waals surface area (Å²) in [5, 5.41) is 22.5. The molecule has 2 aliphatic heterocycles. The summed E-state index contributed by atoms with van der Waals surface area (Å²) >= 11 is 6.68. The van der Waals surface area contributed by atoms with E-state index >= 15 is 0 Å². The lowest BCUT2D eigenvalue weighted by Gasteiger charge is -2.40. The normalized spacial score (nSPS) is 17.4. The van der Waals surface area contributed by atoms with Gasteiger partial charge in [0.1, 0.15) is 17.9 Å². The molecule has 0 aliphatic carbocycles. The van der Waals surface area contributed by atoms with Crippen molar-refractivity contribution in [1.82, 2.24) is 14.9 Å². The third-order valence-electron chi connectivity index (χ3n) is 7.28. The predicted octanol–water partition coefficient (Wildman–Crippen LogP) is 5.51. The first kappa shape index (κ1) is 23.3. The van der Waals surface area contributed by atoms with Crippen molar-refractivity contribution in [1.29, 1.82) is 5.26 Å². The highest BCUT2D eigenvalue weighted by atomic mass is 35.5. The number of anilines is 1. The van der Waals surface area contributed by atoms with E-state index in [2.05, 4.69) is 45.2 Å². The van der Waals surface area contributed by atoms with Crippen LogP contribution in [0.1, 0.15) is 18.4 Å². The first-order valence-electron chi connectivity index (χ1n) is 12.3. The number of fused-ring (bicyclic) bond motifs is 4. The molecule has 1 aromatic heterocycles. The number of carboxylic acid groups (broad SMARTS) is 1. The quantitative estimate of drug-likeness (QED) is 0.385. The van der Waals surface area contributed by atoms with Crippen molar-refractivity contribution in [3.63, 3.8) is 0 Å². The molecule has 3 aromatic carbocycles. The third kappa shape index (κ3) is 3.96. The van der Waals surface area contributed by atoms with Gasteiger partial charge in [0.25, 0.3) is 0 Å². The number of ether oxygens (including phenoxy) is 1. The minimum absolute atomic E-state index is 0.117. The van der Waals surface area contributed by atoms with Crippen molar-refractivity contribution < 1.29 is 14.6 Å². The SMILES string of the molecule is N#CCC1CN(c2ncnc3cc(-c4cccc5cccc(Cl)c45)c4c(c23)OCCC4)CCN1C(=O)O. The van der Waals surface area contributed by atoms with Crippen LogP contribution >= 0.6 is 11.6 Å². The van der Waals surface area contributed by atoms with Crippen LogP contribution < -0.4 is 9.64 Å². The second-order valence-electron chi connectivity index (χ2n) is 9.36. The molecular weight excluding hydrogens is 490 g/mol. The van der Waals surface area contributed by atoms with Crippen molar-refractivity contribution in [3.8, 4) is 22.9 Å². The van der Waals surface area contributed by atoms with Crippen LogP contribution in [0.5, 0.6) is 5.75 Å². The van der Waals surface area contributed by atoms with E-state index in [-0.39, 0.29) is 6.42 Å². The van der Waals surface area contributed by atoms with Crippen LogP contribution in [0, 0.1) is 11.3 Å². The summed E-state index contributed by atoms with van der Waals surface area (Å²) in [5.41, 5.74) is 3.93. The molecule has 0 saturated carbocycles. The smallest absolute Gasteiger partial charge is 0.407 e. The van der Waals surface area contributed by atoms with Gasteiger partial charge in [-0.1, -0.05) is 41.9 Å². The molecule has 1 fully saturated rings. The van der Waals surface area contributed by atoms with Gasteiger partial charge in [0.05, 0.1) is 36.0 Å². The highest BCUT2D eigenvalue weighted by molar-refractivity contribution is 6.36. The van der Waals surface area contributed by atoms with Gasteiger partial charge in [0.15, 0.2) is 0 Å². The van der Waals surface area contributed by atoms with E-state index in [9.17, 15) is 15.2 Å². The highest BCUT2D eigenvalue weighted by Gasteiger charge is 2.33. The number of aromatic nitrogens is 2. The average molecular weight is 514 g/mol. The van der Waals surface area contributed by atoms with Gasteiger partial charge >= 0.3 is 6.09 Å². The predicted molar refractivity (Wildman–Crippen MR) is 142 cm³/mol. The first-order valence-corrected chi connectivity index (χ1v) is 12.7. The molecule has 0 radical (unpaired) electrons. The molecule has 186 valence electrons. The summed E-state index contributed by atoms with van der Waals surface area (Å²) in [6.07, 6.45) is 2.39. The Hall–Kier alpha value is -4.09. The molecule has 37 heavy (non-hydrogen) atoms. The lowest BCUT2D eigenvalue weighted by atomic mass is 9.89. The van der Waals surface area contributed by atoms with E-state index in [1.807, 2.05) is 18.2 Å². The monoisotopic (exact) mass is 513 g/mol. The number of carbonyl (C=O) groups is 1. The molecule has 3 heterocycles. The van der Waals surface area contributed by atoms with Crippen LogP contribution in [0.4, 0.5) is 10.6 Å². The van der Waals surface area contributed by atoms with E-state index in [4.69, 9.17) is 16.3 Å². The fourth-order valence-corrected chi connectivity index (χ4v) is 5.91. The minimum atomic E-state index is -1.01. The summed E-state index contributed by atoms with van der Waals surface area (Å²) in [4.78, 5) is 24.4. The third-order valence-corrected chi connectivity index (χ3v) is 7.60. The Morgan fingerprint density at radius 2 is 2.00 bits per heavy atom. The largest absolute Gasteiger partial charge is 0.492 e. The molecule has 0 bridgehead atoms. The van der Waals surface area contributed by atoms with Gasteiger partial charge in [-0.2, -0.15) is 5.26 Å². The van der Waals surface area contributed by atoms with Crippen LogP contribution in [0.3, 0.4) is 0 Å². The van der Waals surface area contributed by atoms with E-state index in [1.54, 1.807) is 0 Å². The molecule has 0 spiro atoms. The summed E-state index contributed by atoms with van der Waals surface area (Å²) < 4.78 is 6.31. The Balaban J connectivity index is 1.53. The van der Waals surface area contributed by atoms with Crippen LogP contribution in [0.2, 0.25) is 5.02 Å². The van der Waals surface area contributed by atoms with Gasteiger partial charge < -0.3 is 19.6 Å². The van der Waals surface area contributed by atoms with Crippen LogP contribution in [0.25, 0.3) is 32.8 Å². The maximum Gasteiger partial charge on any atom is 0.407 e. The Morgan fingerprint density at radius 1 is 1.16 bits per heavy atom. The zero-order chi connectivity index (χ0) is 25.5. The highest BCUT2D eigenvalue weighted by Crippen LogP contribution is 2.45. The summed E-state index contributed by atoms with van der Waals surface area (Å²) in [6.45, 7) is 1.74. The second kappa shape index (κ2) is 9.41. The van der Waals surface area contributed by atoms with Gasteiger partial charge in [-0.15, -0.1) is 0 Å². The van der Waals surface area contributed by atoms with Crippen LogP contribution in [-0.4, -0.2) is 58.4 Å². The van der Waals surface area contributed by atoms with Crippen molar-refractivity contribution in [3.05, 3.63) is 59.4 Å². The number of rotatable bonds is 3. The zero-order valence-electron chi connectivity index (χ0n) is 20.0. The fourth-order valence-electron chi connectivity index (χ4n) is 5.62. The number of nitriles is 1. The molecule has 1 atom stereocenters. The number of hydrogen-bond donors (Lipinski definition) is 1. The van der Waals surface area contributed by atoms with Crippen LogP contribution in [-0.2, 0) is 6.42 Å². The van der Waals surface area contributed by atoms with E-state index in [1.165, 1.54) is 11.2 Å². The Morgan fingerprint density at radius 3 is 2.81 bits per heavy atom.